The normalized spacial score (nSPS) is 29.0. The first kappa shape index (κ1) is 8.77. The number of nitrogens with zero attached hydrogens (tertiary/aromatic N) is 2. The Morgan fingerprint density at radius 2 is 2.00 bits per heavy atom. The number of hydrogen-bond donors (Lipinski definition) is 0. The van der Waals surface area contributed by atoms with Crippen molar-refractivity contribution in [3.63, 3.8) is 0 Å². The summed E-state index contributed by atoms with van der Waals surface area (Å²) in [6.45, 7) is 3.06. The highest BCUT2D eigenvalue weighted by molar-refractivity contribution is 6.00. The molecule has 0 aliphatic carbocycles. The van der Waals surface area contributed by atoms with E-state index in [1.807, 2.05) is 40.1 Å². The molecule has 3 heteroatoms. The number of hydrogen-bond acceptors (Lipinski definition) is 1. The monoisotopic (exact) mass is 202 g/mol. The van der Waals surface area contributed by atoms with Crippen LogP contribution >= 0.6 is 0 Å². The van der Waals surface area contributed by atoms with Gasteiger partial charge in [0.1, 0.15) is 5.66 Å². The van der Waals surface area contributed by atoms with Gasteiger partial charge in [0, 0.05) is 12.2 Å². The first-order valence-corrected chi connectivity index (χ1v) is 5.40. The summed E-state index contributed by atoms with van der Waals surface area (Å²) in [4.78, 5) is 15.8. The molecule has 0 saturated carbocycles. The Morgan fingerprint density at radius 3 is 2.73 bits per heavy atom. The SMILES string of the molecule is CC12CCCN1C(=O)N2c1ccccc1. The summed E-state index contributed by atoms with van der Waals surface area (Å²) in [7, 11) is 0. The minimum absolute atomic E-state index is 0.0571. The van der Waals surface area contributed by atoms with Crippen LogP contribution in [0.25, 0.3) is 0 Å². The zero-order valence-corrected chi connectivity index (χ0v) is 8.81. The molecule has 0 aromatic heterocycles. The molecular formula is C12H14N2O. The van der Waals surface area contributed by atoms with Crippen LogP contribution in [-0.2, 0) is 0 Å². The van der Waals surface area contributed by atoms with E-state index in [1.165, 1.54) is 0 Å². The molecule has 2 aliphatic rings. The lowest BCUT2D eigenvalue weighted by Gasteiger charge is -2.55. The molecule has 1 unspecified atom stereocenters. The van der Waals surface area contributed by atoms with Crippen molar-refractivity contribution < 1.29 is 4.79 Å². The number of benzene rings is 1. The van der Waals surface area contributed by atoms with Gasteiger partial charge in [-0.25, -0.2) is 4.79 Å². The first-order chi connectivity index (χ1) is 7.23. The molecule has 1 aromatic carbocycles. The molecule has 3 nitrogen and oxygen atoms in total. The second kappa shape index (κ2) is 2.75. The Bertz CT molecular complexity index is 403. The smallest absolute Gasteiger partial charge is 0.301 e. The van der Waals surface area contributed by atoms with Crippen molar-refractivity contribution in [3.05, 3.63) is 30.3 Å². The fourth-order valence-electron chi connectivity index (χ4n) is 2.73. The minimum atomic E-state index is -0.0571. The zero-order chi connectivity index (χ0) is 10.5. The largest absolute Gasteiger partial charge is 0.328 e. The average molecular weight is 202 g/mol. The van der Waals surface area contributed by atoms with E-state index < -0.39 is 0 Å². The van der Waals surface area contributed by atoms with Crippen molar-refractivity contribution in [1.82, 2.24) is 4.90 Å². The van der Waals surface area contributed by atoms with Crippen LogP contribution in [0.2, 0.25) is 0 Å². The third-order valence-electron chi connectivity index (χ3n) is 3.53. The predicted molar refractivity (Wildman–Crippen MR) is 58.7 cm³/mol. The van der Waals surface area contributed by atoms with E-state index >= 15 is 0 Å². The van der Waals surface area contributed by atoms with E-state index in [0.29, 0.717) is 0 Å². The van der Waals surface area contributed by atoms with Gasteiger partial charge in [0.2, 0.25) is 0 Å². The molecule has 2 heterocycles. The van der Waals surface area contributed by atoms with Crippen LogP contribution in [0.5, 0.6) is 0 Å². The van der Waals surface area contributed by atoms with E-state index in [2.05, 4.69) is 6.92 Å². The van der Waals surface area contributed by atoms with E-state index in [1.54, 1.807) is 0 Å². The second-order valence-electron chi connectivity index (χ2n) is 4.43. The van der Waals surface area contributed by atoms with Crippen LogP contribution in [0.3, 0.4) is 0 Å². The molecule has 15 heavy (non-hydrogen) atoms. The molecule has 0 radical (unpaired) electrons. The van der Waals surface area contributed by atoms with Gasteiger partial charge in [-0.15, -0.1) is 0 Å². The molecule has 0 N–H and O–H groups in total. The van der Waals surface area contributed by atoms with Crippen molar-refractivity contribution in [1.29, 1.82) is 0 Å². The van der Waals surface area contributed by atoms with Gasteiger partial charge in [0.05, 0.1) is 0 Å². The van der Waals surface area contributed by atoms with E-state index in [0.717, 1.165) is 25.1 Å². The van der Waals surface area contributed by atoms with Crippen LogP contribution in [-0.4, -0.2) is 23.1 Å². The van der Waals surface area contributed by atoms with Crippen LogP contribution in [0.1, 0.15) is 19.8 Å². The maximum Gasteiger partial charge on any atom is 0.328 e. The Morgan fingerprint density at radius 1 is 1.27 bits per heavy atom. The number of urea groups is 1. The summed E-state index contributed by atoms with van der Waals surface area (Å²) in [6, 6.07) is 10.1. The first-order valence-electron chi connectivity index (χ1n) is 5.40. The van der Waals surface area contributed by atoms with E-state index in [4.69, 9.17) is 0 Å². The number of amides is 2. The summed E-state index contributed by atoms with van der Waals surface area (Å²) in [6.07, 6.45) is 2.19. The van der Waals surface area contributed by atoms with Crippen molar-refractivity contribution in [3.8, 4) is 0 Å². The summed E-state index contributed by atoms with van der Waals surface area (Å²) in [5.41, 5.74) is 0.960. The van der Waals surface area contributed by atoms with Gasteiger partial charge < -0.3 is 4.90 Å². The lowest BCUT2D eigenvalue weighted by Crippen LogP contribution is -2.73. The third-order valence-corrected chi connectivity index (χ3v) is 3.53. The van der Waals surface area contributed by atoms with Crippen molar-refractivity contribution in [2.45, 2.75) is 25.4 Å². The average Bonchev–Trinajstić information content (AvgIpc) is 2.58. The summed E-state index contributed by atoms with van der Waals surface area (Å²) in [5, 5.41) is 0. The molecular weight excluding hydrogens is 188 g/mol. The van der Waals surface area contributed by atoms with E-state index in [9.17, 15) is 4.79 Å². The quantitative estimate of drug-likeness (QED) is 0.686. The van der Waals surface area contributed by atoms with Crippen molar-refractivity contribution in [2.75, 3.05) is 11.4 Å². The molecule has 1 aromatic rings. The Balaban J connectivity index is 1.98. The van der Waals surface area contributed by atoms with Gasteiger partial charge in [-0.05, 0) is 31.9 Å². The molecule has 1 atom stereocenters. The standard InChI is InChI=1S/C12H14N2O/c1-12-8-5-9-13(12)11(15)14(12)10-6-3-2-4-7-10/h2-4,6-7H,5,8-9H2,1H3. The Kier molecular flexibility index (Phi) is 1.61. The summed E-state index contributed by atoms with van der Waals surface area (Å²) >= 11 is 0. The van der Waals surface area contributed by atoms with Crippen LogP contribution in [0, 0.1) is 0 Å². The topological polar surface area (TPSA) is 23.6 Å². The van der Waals surface area contributed by atoms with E-state index in [-0.39, 0.29) is 11.7 Å². The molecule has 2 aliphatic heterocycles. The fourth-order valence-corrected chi connectivity index (χ4v) is 2.73. The van der Waals surface area contributed by atoms with Gasteiger partial charge in [-0.2, -0.15) is 0 Å². The lowest BCUT2D eigenvalue weighted by molar-refractivity contribution is 0.103. The number of fused-ring (bicyclic) bond motifs is 1. The highest BCUT2D eigenvalue weighted by Crippen LogP contribution is 2.44. The number of rotatable bonds is 1. The van der Waals surface area contributed by atoms with Crippen molar-refractivity contribution >= 4 is 11.7 Å². The number of anilines is 1. The number of carbonyl (C=O) groups excluding carboxylic acids is 1. The van der Waals surface area contributed by atoms with Gasteiger partial charge >= 0.3 is 6.03 Å². The van der Waals surface area contributed by atoms with Gasteiger partial charge in [0.25, 0.3) is 0 Å². The molecule has 2 saturated heterocycles. The molecule has 3 rings (SSSR count). The third kappa shape index (κ3) is 0.978. The van der Waals surface area contributed by atoms with Crippen LogP contribution in [0.4, 0.5) is 10.5 Å². The lowest BCUT2D eigenvalue weighted by atomic mass is 10.0. The maximum absolute atomic E-state index is 11.9. The predicted octanol–water partition coefficient (Wildman–Crippen LogP) is 2.44. The molecule has 78 valence electrons. The fraction of sp³-hybridized carbons (Fsp3) is 0.417. The Labute approximate surface area is 89.3 Å². The molecule has 0 bridgehead atoms. The second-order valence-corrected chi connectivity index (χ2v) is 4.43. The summed E-state index contributed by atoms with van der Waals surface area (Å²) < 4.78 is 0. The van der Waals surface area contributed by atoms with Crippen LogP contribution in [0.15, 0.2) is 30.3 Å². The highest BCUT2D eigenvalue weighted by Gasteiger charge is 2.57. The molecule has 0 spiro atoms. The number of carbonyl (C=O) groups is 1. The van der Waals surface area contributed by atoms with Gasteiger partial charge in [-0.3, -0.25) is 4.90 Å². The minimum Gasteiger partial charge on any atom is -0.301 e. The molecule has 2 fully saturated rings. The zero-order valence-electron chi connectivity index (χ0n) is 8.81. The Hall–Kier alpha value is -1.51. The van der Waals surface area contributed by atoms with Crippen molar-refractivity contribution in [2.24, 2.45) is 0 Å². The highest BCUT2D eigenvalue weighted by atomic mass is 16.2. The number of para-hydroxylation sites is 1. The van der Waals surface area contributed by atoms with Gasteiger partial charge in [-0.1, -0.05) is 18.2 Å². The molecule has 2 amide bonds. The summed E-state index contributed by atoms with van der Waals surface area (Å²) in [5.74, 6) is 0. The van der Waals surface area contributed by atoms with Gasteiger partial charge in [0.15, 0.2) is 0 Å². The van der Waals surface area contributed by atoms with Crippen LogP contribution < -0.4 is 4.90 Å². The maximum atomic E-state index is 11.9.